The Labute approximate surface area is 283 Å². The second kappa shape index (κ2) is 13.1. The van der Waals surface area contributed by atoms with Crippen molar-refractivity contribution in [3.05, 3.63) is 47.0 Å². The Hall–Kier alpha value is -3.85. The number of rotatable bonds is 9. The maximum Gasteiger partial charge on any atom is 0.407 e. The third kappa shape index (κ3) is 5.92. The monoisotopic (exact) mass is 687 g/mol. The first-order valence-electron chi connectivity index (χ1n) is 16.5. The van der Waals surface area contributed by atoms with Crippen molar-refractivity contribution in [3.8, 4) is 0 Å². The van der Waals surface area contributed by atoms with Crippen LogP contribution in [0.5, 0.6) is 0 Å². The van der Waals surface area contributed by atoms with Crippen molar-refractivity contribution in [1.82, 2.24) is 5.32 Å². The van der Waals surface area contributed by atoms with Crippen molar-refractivity contribution in [2.45, 2.75) is 108 Å². The zero-order valence-electron chi connectivity index (χ0n) is 28.3. The predicted molar refractivity (Wildman–Crippen MR) is 169 cm³/mol. The Morgan fingerprint density at radius 3 is 2.31 bits per heavy atom. The molecule has 5 N–H and O–H groups in total. The molecule has 5 rings (SSSR count). The van der Waals surface area contributed by atoms with Crippen LogP contribution in [0.25, 0.3) is 0 Å². The van der Waals surface area contributed by atoms with Crippen LogP contribution in [0, 0.1) is 16.7 Å². The second-order valence-electron chi connectivity index (χ2n) is 14.3. The van der Waals surface area contributed by atoms with Gasteiger partial charge in [0.2, 0.25) is 0 Å². The van der Waals surface area contributed by atoms with Gasteiger partial charge in [-0.1, -0.05) is 32.0 Å². The number of nitrogens with one attached hydrogen (secondary N) is 1. The SMILES string of the molecule is CC(=O)O[C@@]12CO[C@@H]1C[C@H](OC(=O)NCCCCC(=O)O)[C@@]1(C)C(=O)[C@H](O)C3=C(C)[C@@H](O)C[C@@](O)([C@@H](OC(=O)c4ccccc4)[C@H]21)C3(C)C. The molecule has 0 aromatic heterocycles. The number of carbonyl (C=O) groups excluding carboxylic acids is 4. The van der Waals surface area contributed by atoms with Crippen molar-refractivity contribution in [1.29, 1.82) is 0 Å². The summed E-state index contributed by atoms with van der Waals surface area (Å²) in [5.41, 5.74) is -6.91. The van der Waals surface area contributed by atoms with Crippen LogP contribution in [0.2, 0.25) is 0 Å². The zero-order chi connectivity index (χ0) is 36.1. The molecule has 1 aromatic rings. The van der Waals surface area contributed by atoms with Crippen molar-refractivity contribution in [3.63, 3.8) is 0 Å². The summed E-state index contributed by atoms with van der Waals surface area (Å²) in [6, 6.07) is 7.94. The van der Waals surface area contributed by atoms with Crippen LogP contribution in [0.15, 0.2) is 41.5 Å². The maximum absolute atomic E-state index is 14.9. The van der Waals surface area contributed by atoms with Crippen LogP contribution in [-0.2, 0) is 33.3 Å². The van der Waals surface area contributed by atoms with Crippen LogP contribution < -0.4 is 5.32 Å². The summed E-state index contributed by atoms with van der Waals surface area (Å²) < 4.78 is 24.0. The Bertz CT molecular complexity index is 1540. The fourth-order valence-electron chi connectivity index (χ4n) is 8.57. The highest BCUT2D eigenvalue weighted by molar-refractivity contribution is 5.94. The number of carboxylic acids is 1. The maximum atomic E-state index is 14.9. The van der Waals surface area contributed by atoms with E-state index < -0.39 is 88.3 Å². The van der Waals surface area contributed by atoms with Gasteiger partial charge in [-0.25, -0.2) is 9.59 Å². The first kappa shape index (κ1) is 36.4. The number of aliphatic hydroxyl groups is 3. The first-order valence-corrected chi connectivity index (χ1v) is 16.5. The van der Waals surface area contributed by atoms with Crippen molar-refractivity contribution in [2.24, 2.45) is 16.7 Å². The Morgan fingerprint density at radius 2 is 1.71 bits per heavy atom. The summed E-state index contributed by atoms with van der Waals surface area (Å²) in [6.07, 6.45) is -8.22. The van der Waals surface area contributed by atoms with Crippen LogP contribution in [0.1, 0.15) is 77.1 Å². The lowest BCUT2D eigenvalue weighted by Gasteiger charge is -2.67. The number of Topliss-reactive ketones (excluding diaryl/α,β-unsaturated/α-hetero) is 1. The summed E-state index contributed by atoms with van der Waals surface area (Å²) in [4.78, 5) is 65.6. The molecule has 14 heteroatoms. The van der Waals surface area contributed by atoms with E-state index in [9.17, 15) is 39.3 Å². The molecule has 9 atom stereocenters. The van der Waals surface area contributed by atoms with Crippen LogP contribution in [0.4, 0.5) is 4.79 Å². The molecule has 1 aliphatic heterocycles. The quantitative estimate of drug-likeness (QED) is 0.109. The van der Waals surface area contributed by atoms with E-state index in [2.05, 4.69) is 5.32 Å². The van der Waals surface area contributed by atoms with Crippen LogP contribution >= 0.6 is 0 Å². The highest BCUT2D eigenvalue weighted by atomic mass is 16.6. The normalized spacial score (nSPS) is 36.1. The number of carbonyl (C=O) groups is 5. The number of alkyl carbamates (subject to hydrolysis) is 1. The molecular formula is C35H45NO13. The van der Waals surface area contributed by atoms with Crippen molar-refractivity contribution in [2.75, 3.05) is 13.2 Å². The predicted octanol–water partition coefficient (Wildman–Crippen LogP) is 2.07. The summed E-state index contributed by atoms with van der Waals surface area (Å²) in [5.74, 6) is -4.91. The molecule has 0 spiro atoms. The topological polar surface area (TPSA) is 215 Å². The summed E-state index contributed by atoms with van der Waals surface area (Å²) in [5, 5.41) is 47.6. The van der Waals surface area contributed by atoms with Gasteiger partial charge in [0.1, 0.15) is 30.0 Å². The minimum Gasteiger partial charge on any atom is -0.481 e. The number of amides is 1. The van der Waals surface area contributed by atoms with Gasteiger partial charge in [-0.3, -0.25) is 14.4 Å². The van der Waals surface area contributed by atoms with Gasteiger partial charge in [0.25, 0.3) is 0 Å². The molecule has 1 saturated heterocycles. The van der Waals surface area contributed by atoms with Crippen LogP contribution in [-0.4, -0.2) is 105 Å². The van der Waals surface area contributed by atoms with E-state index in [1.807, 2.05) is 0 Å². The van der Waals surface area contributed by atoms with Gasteiger partial charge < -0.3 is 44.7 Å². The van der Waals surface area contributed by atoms with E-state index in [-0.39, 0.29) is 49.1 Å². The van der Waals surface area contributed by atoms with E-state index in [0.717, 1.165) is 0 Å². The van der Waals surface area contributed by atoms with Crippen molar-refractivity contribution < 1.29 is 63.3 Å². The molecule has 268 valence electrons. The molecule has 3 aliphatic carbocycles. The fourth-order valence-corrected chi connectivity index (χ4v) is 8.57. The third-order valence-electron chi connectivity index (χ3n) is 11.2. The largest absolute Gasteiger partial charge is 0.481 e. The number of carboxylic acid groups (broad SMARTS) is 1. The van der Waals surface area contributed by atoms with E-state index in [1.165, 1.54) is 26.0 Å². The number of hydrogen-bond acceptors (Lipinski definition) is 12. The number of benzene rings is 1. The Kier molecular flexibility index (Phi) is 9.76. The molecule has 2 bridgehead atoms. The molecule has 1 aromatic carbocycles. The molecule has 3 fully saturated rings. The molecule has 0 unspecified atom stereocenters. The molecule has 49 heavy (non-hydrogen) atoms. The second-order valence-corrected chi connectivity index (χ2v) is 14.3. The third-order valence-corrected chi connectivity index (χ3v) is 11.2. The van der Waals surface area contributed by atoms with E-state index in [0.29, 0.717) is 12.8 Å². The standard InChI is InChI=1S/C35H45NO13/c1-18-21(38)16-35(45)29(48-30(43)20-11-7-6-8-12-20)27-33(5,28(42)26(41)25(18)32(35,3)4)22(15-23-34(27,17-46-23)49-19(2)37)47-31(44)36-14-10-9-13-24(39)40/h6-8,11-12,21-23,26-27,29,38,41,45H,9-10,13-17H2,1-5H3,(H,36,44)(H,39,40)/t21-,22-,23+,26+,27-,29-,33+,34-,35+/m0/s1. The minimum atomic E-state index is -2.18. The van der Waals surface area contributed by atoms with Gasteiger partial charge >= 0.3 is 24.0 Å². The van der Waals surface area contributed by atoms with E-state index in [4.69, 9.17) is 24.1 Å². The van der Waals surface area contributed by atoms with Crippen molar-refractivity contribution >= 4 is 29.8 Å². The number of fused-ring (bicyclic) bond motifs is 5. The van der Waals surface area contributed by atoms with E-state index in [1.54, 1.807) is 39.0 Å². The van der Waals surface area contributed by atoms with Gasteiger partial charge in [0.05, 0.1) is 29.6 Å². The lowest BCUT2D eigenvalue weighted by atomic mass is 9.44. The number of unbranched alkanes of at least 4 members (excludes halogenated alkanes) is 1. The summed E-state index contributed by atoms with van der Waals surface area (Å²) in [7, 11) is 0. The summed E-state index contributed by atoms with van der Waals surface area (Å²) in [6.45, 7) is 7.13. The molecule has 14 nitrogen and oxygen atoms in total. The van der Waals surface area contributed by atoms with E-state index >= 15 is 0 Å². The molecule has 0 radical (unpaired) electrons. The van der Waals surface area contributed by atoms with Gasteiger partial charge in [0.15, 0.2) is 11.4 Å². The smallest absolute Gasteiger partial charge is 0.407 e. The molecule has 1 amide bonds. The molecule has 4 aliphatic rings. The number of ether oxygens (including phenoxy) is 4. The van der Waals surface area contributed by atoms with Gasteiger partial charge in [-0.05, 0) is 50.0 Å². The van der Waals surface area contributed by atoms with Crippen LogP contribution in [0.3, 0.4) is 0 Å². The molecular weight excluding hydrogens is 642 g/mol. The average molecular weight is 688 g/mol. The average Bonchev–Trinajstić information content (AvgIpc) is 3.02. The lowest BCUT2D eigenvalue weighted by molar-refractivity contribution is -0.345. The Balaban J connectivity index is 1.68. The zero-order valence-corrected chi connectivity index (χ0v) is 28.3. The van der Waals surface area contributed by atoms with Gasteiger partial charge in [0, 0.05) is 38.1 Å². The number of hydrogen-bond donors (Lipinski definition) is 5. The van der Waals surface area contributed by atoms with Gasteiger partial charge in [-0.2, -0.15) is 0 Å². The minimum absolute atomic E-state index is 0.0364. The summed E-state index contributed by atoms with van der Waals surface area (Å²) >= 11 is 0. The number of aliphatic carboxylic acids is 1. The fraction of sp³-hybridized carbons (Fsp3) is 0.629. The highest BCUT2D eigenvalue weighted by Crippen LogP contribution is 2.64. The van der Waals surface area contributed by atoms with Gasteiger partial charge in [-0.15, -0.1) is 0 Å². The number of aliphatic hydroxyl groups excluding tert-OH is 2. The molecule has 1 heterocycles. The number of ketones is 1. The lowest BCUT2D eigenvalue weighted by Crippen LogP contribution is -2.82. The highest BCUT2D eigenvalue weighted by Gasteiger charge is 2.78. The Morgan fingerprint density at radius 1 is 1.04 bits per heavy atom. The molecule has 2 saturated carbocycles. The first-order chi connectivity index (χ1) is 22.9. The number of esters is 2.